The van der Waals surface area contributed by atoms with Crippen molar-refractivity contribution in [1.82, 2.24) is 0 Å². The van der Waals surface area contributed by atoms with Gasteiger partial charge < -0.3 is 15.2 Å². The summed E-state index contributed by atoms with van der Waals surface area (Å²) in [4.78, 5) is 34.4. The molecule has 2 N–H and O–H groups in total. The summed E-state index contributed by atoms with van der Waals surface area (Å²) in [6, 6.07) is 14.8. The maximum Gasteiger partial charge on any atom is 0.516 e. The van der Waals surface area contributed by atoms with E-state index in [1.54, 1.807) is 0 Å². The van der Waals surface area contributed by atoms with Crippen molar-refractivity contribution in [2.24, 2.45) is 5.73 Å². The van der Waals surface area contributed by atoms with Gasteiger partial charge in [-0.15, -0.1) is 0 Å². The minimum absolute atomic E-state index is 0.0545. The highest BCUT2D eigenvalue weighted by Crippen LogP contribution is 2.44. The zero-order valence-electron chi connectivity index (χ0n) is 14.3. The first-order chi connectivity index (χ1) is 12.5. The number of Topliss-reactive ketones (excluding diaryl/α,β-unsaturated/α-hetero) is 1. The number of ether oxygens (including phenoxy) is 2. The molecule has 0 radical (unpaired) electrons. The Morgan fingerprint density at radius 2 is 1.54 bits per heavy atom. The van der Waals surface area contributed by atoms with Gasteiger partial charge in [0.2, 0.25) is 0 Å². The third-order valence-corrected chi connectivity index (χ3v) is 4.44. The van der Waals surface area contributed by atoms with E-state index in [0.29, 0.717) is 0 Å². The average Bonchev–Trinajstić information content (AvgIpc) is 2.93. The van der Waals surface area contributed by atoms with E-state index in [4.69, 9.17) is 10.5 Å². The Labute approximate surface area is 150 Å². The predicted octanol–water partition coefficient (Wildman–Crippen LogP) is 2.79. The molecule has 0 amide bonds. The van der Waals surface area contributed by atoms with Crippen LogP contribution in [0.1, 0.15) is 30.4 Å². The van der Waals surface area contributed by atoms with Crippen molar-refractivity contribution in [3.63, 3.8) is 0 Å². The van der Waals surface area contributed by atoms with Crippen LogP contribution in [0.25, 0.3) is 11.1 Å². The molecule has 1 aliphatic carbocycles. The van der Waals surface area contributed by atoms with Gasteiger partial charge in [0, 0.05) is 5.92 Å². The van der Waals surface area contributed by atoms with Crippen LogP contribution in [0.4, 0.5) is 4.79 Å². The molecule has 134 valence electrons. The van der Waals surface area contributed by atoms with Crippen molar-refractivity contribution in [2.45, 2.75) is 25.3 Å². The van der Waals surface area contributed by atoms with Crippen molar-refractivity contribution in [3.05, 3.63) is 59.7 Å². The molecule has 3 rings (SSSR count). The van der Waals surface area contributed by atoms with Gasteiger partial charge in [0.15, 0.2) is 0 Å². The normalized spacial score (nSPS) is 13.5. The second-order valence-corrected chi connectivity index (χ2v) is 6.18. The van der Waals surface area contributed by atoms with E-state index in [-0.39, 0.29) is 24.7 Å². The Morgan fingerprint density at radius 1 is 1.00 bits per heavy atom. The zero-order chi connectivity index (χ0) is 18.7. The number of carbonyl (C=O) groups is 3. The zero-order valence-corrected chi connectivity index (χ0v) is 14.3. The first-order valence-electron chi connectivity index (χ1n) is 8.29. The van der Waals surface area contributed by atoms with Gasteiger partial charge in [0.25, 0.3) is 0 Å². The van der Waals surface area contributed by atoms with Crippen LogP contribution in [0.3, 0.4) is 0 Å². The van der Waals surface area contributed by atoms with Gasteiger partial charge >= 0.3 is 12.1 Å². The fourth-order valence-corrected chi connectivity index (χ4v) is 3.08. The maximum atomic E-state index is 11.8. The lowest BCUT2D eigenvalue weighted by Crippen LogP contribution is -2.32. The Morgan fingerprint density at radius 3 is 2.08 bits per heavy atom. The van der Waals surface area contributed by atoms with Crippen LogP contribution in [0, 0.1) is 0 Å². The Hall–Kier alpha value is -2.99. The number of carbonyl (C=O) groups excluding carboxylic acids is 3. The highest BCUT2D eigenvalue weighted by Gasteiger charge is 2.29. The van der Waals surface area contributed by atoms with Crippen LogP contribution in [0.2, 0.25) is 0 Å². The largest absolute Gasteiger partial charge is 0.516 e. The summed E-state index contributed by atoms with van der Waals surface area (Å²) in [6.45, 7) is 1.32. The minimum atomic E-state index is -1.09. The SMILES string of the molecule is CC(=O)C(N)CC(=O)OC(=O)OCC1c2ccccc2-c2ccccc21. The molecule has 2 aromatic carbocycles. The molecule has 1 atom stereocenters. The number of rotatable bonds is 5. The summed E-state index contributed by atoms with van der Waals surface area (Å²) in [6.07, 6.45) is -1.45. The molecule has 2 aromatic rings. The topological polar surface area (TPSA) is 95.7 Å². The first-order valence-corrected chi connectivity index (χ1v) is 8.29. The van der Waals surface area contributed by atoms with Gasteiger partial charge in [0.05, 0.1) is 12.5 Å². The van der Waals surface area contributed by atoms with Crippen molar-refractivity contribution < 1.29 is 23.9 Å². The van der Waals surface area contributed by atoms with Crippen molar-refractivity contribution in [2.75, 3.05) is 6.61 Å². The molecular formula is C20H19NO5. The monoisotopic (exact) mass is 353 g/mol. The number of hydrogen-bond acceptors (Lipinski definition) is 6. The van der Waals surface area contributed by atoms with E-state index >= 15 is 0 Å². The quantitative estimate of drug-likeness (QED) is 0.656. The summed E-state index contributed by atoms with van der Waals surface area (Å²) in [5, 5.41) is 0. The van der Waals surface area contributed by atoms with Crippen LogP contribution in [-0.4, -0.2) is 30.6 Å². The first kappa shape index (κ1) is 17.8. The molecule has 6 heteroatoms. The maximum absolute atomic E-state index is 11.8. The lowest BCUT2D eigenvalue weighted by Gasteiger charge is -2.14. The Kier molecular flexibility index (Phi) is 5.14. The summed E-state index contributed by atoms with van der Waals surface area (Å²) in [7, 11) is 0. The number of esters is 1. The van der Waals surface area contributed by atoms with Crippen LogP contribution < -0.4 is 5.73 Å². The second kappa shape index (κ2) is 7.49. The number of ketones is 1. The number of hydrogen-bond donors (Lipinski definition) is 1. The molecule has 0 spiro atoms. The van der Waals surface area contributed by atoms with Gasteiger partial charge in [-0.3, -0.25) is 9.59 Å². The molecule has 0 saturated heterocycles. The van der Waals surface area contributed by atoms with E-state index < -0.39 is 18.2 Å². The highest BCUT2D eigenvalue weighted by atomic mass is 16.7. The molecule has 0 saturated carbocycles. The van der Waals surface area contributed by atoms with Crippen LogP contribution in [0.5, 0.6) is 0 Å². The summed E-state index contributed by atoms with van der Waals surface area (Å²) < 4.78 is 9.72. The summed E-state index contributed by atoms with van der Waals surface area (Å²) in [5.41, 5.74) is 9.80. The molecule has 0 aliphatic heterocycles. The molecule has 6 nitrogen and oxygen atoms in total. The van der Waals surface area contributed by atoms with Crippen LogP contribution >= 0.6 is 0 Å². The lowest BCUT2D eigenvalue weighted by atomic mass is 9.98. The molecule has 26 heavy (non-hydrogen) atoms. The fourth-order valence-electron chi connectivity index (χ4n) is 3.08. The summed E-state index contributed by atoms with van der Waals surface area (Å²) in [5.74, 6) is -1.36. The van der Waals surface area contributed by atoms with Gasteiger partial charge in [-0.1, -0.05) is 48.5 Å². The molecular weight excluding hydrogens is 334 g/mol. The third kappa shape index (κ3) is 3.65. The molecule has 0 fully saturated rings. The van der Waals surface area contributed by atoms with Gasteiger partial charge in [-0.2, -0.15) is 0 Å². The van der Waals surface area contributed by atoms with Gasteiger partial charge in [-0.25, -0.2) is 4.79 Å². The number of nitrogens with two attached hydrogens (primary N) is 1. The van der Waals surface area contributed by atoms with E-state index in [2.05, 4.69) is 4.74 Å². The minimum Gasteiger partial charge on any atom is -0.433 e. The number of fused-ring (bicyclic) bond motifs is 3. The van der Waals surface area contributed by atoms with E-state index in [1.165, 1.54) is 6.92 Å². The summed E-state index contributed by atoms with van der Waals surface area (Å²) >= 11 is 0. The van der Waals surface area contributed by atoms with Crippen molar-refractivity contribution in [3.8, 4) is 11.1 Å². The second-order valence-electron chi connectivity index (χ2n) is 6.18. The molecule has 0 bridgehead atoms. The standard InChI is InChI=1S/C20H19NO5/c1-12(22)18(21)10-19(23)26-20(24)25-11-17-15-8-4-2-6-13(15)14-7-3-5-9-16(14)17/h2-9,17-18H,10-11,21H2,1H3. The lowest BCUT2D eigenvalue weighted by molar-refractivity contribution is -0.141. The van der Waals surface area contributed by atoms with Gasteiger partial charge in [0.1, 0.15) is 12.4 Å². The smallest absolute Gasteiger partial charge is 0.433 e. The van der Waals surface area contributed by atoms with Crippen molar-refractivity contribution in [1.29, 1.82) is 0 Å². The van der Waals surface area contributed by atoms with Crippen molar-refractivity contribution >= 4 is 17.9 Å². The van der Waals surface area contributed by atoms with Crippen LogP contribution in [0.15, 0.2) is 48.5 Å². The van der Waals surface area contributed by atoms with E-state index in [0.717, 1.165) is 22.3 Å². The fraction of sp³-hybridized carbons (Fsp3) is 0.250. The average molecular weight is 353 g/mol. The molecule has 1 unspecified atom stereocenters. The van der Waals surface area contributed by atoms with E-state index in [1.807, 2.05) is 48.5 Å². The Balaban J connectivity index is 1.64. The third-order valence-electron chi connectivity index (χ3n) is 4.44. The number of benzene rings is 2. The molecule has 0 heterocycles. The molecule has 0 aromatic heterocycles. The highest BCUT2D eigenvalue weighted by molar-refractivity contribution is 5.89. The van der Waals surface area contributed by atoms with E-state index in [9.17, 15) is 14.4 Å². The Bertz CT molecular complexity index is 815. The molecule has 1 aliphatic rings. The van der Waals surface area contributed by atoms with Gasteiger partial charge in [-0.05, 0) is 29.2 Å². The predicted molar refractivity (Wildman–Crippen MR) is 94.4 cm³/mol. The van der Waals surface area contributed by atoms with Crippen LogP contribution in [-0.2, 0) is 19.1 Å².